The number of aryl methyl sites for hydroxylation is 2. The lowest BCUT2D eigenvalue weighted by Crippen LogP contribution is -2.16. The summed E-state index contributed by atoms with van der Waals surface area (Å²) in [6.07, 6.45) is 3.29. The fourth-order valence-corrected chi connectivity index (χ4v) is 2.43. The van der Waals surface area contributed by atoms with Crippen molar-refractivity contribution >= 4 is 17.5 Å². The Morgan fingerprint density at radius 3 is 2.48 bits per heavy atom. The Balaban J connectivity index is 1.71. The maximum atomic E-state index is 12.5. The summed E-state index contributed by atoms with van der Waals surface area (Å²) in [4.78, 5) is 25.2. The number of rotatable bonds is 5. The van der Waals surface area contributed by atoms with Crippen molar-refractivity contribution in [2.45, 2.75) is 20.4 Å². The predicted octanol–water partition coefficient (Wildman–Crippen LogP) is 3.35. The maximum Gasteiger partial charge on any atom is 0.274 e. The summed E-state index contributed by atoms with van der Waals surface area (Å²) in [5.41, 5.74) is 4.01. The number of nitrogens with zero attached hydrogens (tertiary/aromatic N) is 3. The number of hydrogen-bond donors (Lipinski definition) is 2. The summed E-state index contributed by atoms with van der Waals surface area (Å²) in [7, 11) is 0. The minimum atomic E-state index is -0.263. The lowest BCUT2D eigenvalue weighted by atomic mass is 10.1. The van der Waals surface area contributed by atoms with Crippen molar-refractivity contribution in [3.63, 3.8) is 0 Å². The van der Waals surface area contributed by atoms with E-state index in [9.17, 15) is 4.79 Å². The van der Waals surface area contributed by atoms with Crippen molar-refractivity contribution < 1.29 is 4.79 Å². The highest BCUT2D eigenvalue weighted by Gasteiger charge is 2.12. The molecule has 0 aliphatic heterocycles. The average molecular weight is 333 g/mol. The van der Waals surface area contributed by atoms with E-state index in [1.807, 2.05) is 50.2 Å². The molecule has 3 rings (SSSR count). The second-order valence-electron chi connectivity index (χ2n) is 5.66. The lowest BCUT2D eigenvalue weighted by molar-refractivity contribution is 0.102. The molecule has 0 aliphatic carbocycles. The molecule has 0 bridgehead atoms. The first-order valence-electron chi connectivity index (χ1n) is 7.98. The molecule has 6 heteroatoms. The van der Waals surface area contributed by atoms with Crippen LogP contribution in [-0.4, -0.2) is 20.9 Å². The summed E-state index contributed by atoms with van der Waals surface area (Å²) >= 11 is 0. The highest BCUT2D eigenvalue weighted by atomic mass is 16.1. The van der Waals surface area contributed by atoms with E-state index in [0.29, 0.717) is 18.2 Å². The Labute approximate surface area is 146 Å². The molecular formula is C19H19N5O. The smallest absolute Gasteiger partial charge is 0.274 e. The first-order valence-corrected chi connectivity index (χ1v) is 7.98. The van der Waals surface area contributed by atoms with Gasteiger partial charge in [-0.2, -0.15) is 0 Å². The monoisotopic (exact) mass is 333 g/mol. The molecule has 2 N–H and O–H groups in total. The summed E-state index contributed by atoms with van der Waals surface area (Å²) in [5.74, 6) is 0.125. The van der Waals surface area contributed by atoms with Gasteiger partial charge in [0, 0.05) is 18.1 Å². The van der Waals surface area contributed by atoms with Crippen LogP contribution in [0.15, 0.2) is 54.9 Å². The summed E-state index contributed by atoms with van der Waals surface area (Å²) in [5, 5.41) is 6.00. The Morgan fingerprint density at radius 1 is 0.960 bits per heavy atom. The minimum absolute atomic E-state index is 0.263. The van der Waals surface area contributed by atoms with Gasteiger partial charge in [0.2, 0.25) is 5.95 Å². The van der Waals surface area contributed by atoms with Gasteiger partial charge >= 0.3 is 0 Å². The van der Waals surface area contributed by atoms with Crippen LogP contribution in [0.2, 0.25) is 0 Å². The van der Waals surface area contributed by atoms with Crippen LogP contribution in [0.4, 0.5) is 11.6 Å². The molecule has 0 spiro atoms. The minimum Gasteiger partial charge on any atom is -0.349 e. The molecule has 2 heterocycles. The van der Waals surface area contributed by atoms with Crippen LogP contribution in [0.1, 0.15) is 27.3 Å². The molecule has 6 nitrogen and oxygen atoms in total. The predicted molar refractivity (Wildman–Crippen MR) is 97.5 cm³/mol. The molecule has 1 aromatic carbocycles. The van der Waals surface area contributed by atoms with Gasteiger partial charge in [-0.3, -0.25) is 9.78 Å². The average Bonchev–Trinajstić information content (AvgIpc) is 2.64. The summed E-state index contributed by atoms with van der Waals surface area (Å²) in [6, 6.07) is 13.2. The number of pyridine rings is 1. The van der Waals surface area contributed by atoms with E-state index >= 15 is 0 Å². The zero-order chi connectivity index (χ0) is 17.6. The van der Waals surface area contributed by atoms with E-state index in [1.54, 1.807) is 18.5 Å². The van der Waals surface area contributed by atoms with E-state index in [1.165, 1.54) is 0 Å². The number of carbonyl (C=O) groups is 1. The molecular weight excluding hydrogens is 314 g/mol. The van der Waals surface area contributed by atoms with Crippen LogP contribution in [0.5, 0.6) is 0 Å². The standard InChI is InChI=1S/C19H19N5O/c1-13-6-5-7-14(2)17(13)24-18(25)16-9-11-21-19(23-16)22-12-15-8-3-4-10-20-15/h3-11H,12H2,1-2H3,(H,24,25)(H,21,22,23). The van der Waals surface area contributed by atoms with Gasteiger partial charge in [0.1, 0.15) is 5.69 Å². The van der Waals surface area contributed by atoms with Crippen molar-refractivity contribution in [1.82, 2.24) is 15.0 Å². The van der Waals surface area contributed by atoms with Gasteiger partial charge < -0.3 is 10.6 Å². The highest BCUT2D eigenvalue weighted by Crippen LogP contribution is 2.20. The number of carbonyl (C=O) groups excluding carboxylic acids is 1. The second-order valence-corrected chi connectivity index (χ2v) is 5.66. The molecule has 0 saturated carbocycles. The van der Waals surface area contributed by atoms with Gasteiger partial charge in [-0.15, -0.1) is 0 Å². The molecule has 0 atom stereocenters. The molecule has 1 amide bonds. The second kappa shape index (κ2) is 7.53. The number of benzene rings is 1. The first-order chi connectivity index (χ1) is 12.1. The van der Waals surface area contributed by atoms with Crippen LogP contribution in [0, 0.1) is 13.8 Å². The van der Waals surface area contributed by atoms with Crippen molar-refractivity contribution in [2.24, 2.45) is 0 Å². The van der Waals surface area contributed by atoms with Crippen LogP contribution in [-0.2, 0) is 6.54 Å². The van der Waals surface area contributed by atoms with E-state index in [4.69, 9.17) is 0 Å². The molecule has 0 aliphatic rings. The molecule has 25 heavy (non-hydrogen) atoms. The normalized spacial score (nSPS) is 10.3. The number of hydrogen-bond acceptors (Lipinski definition) is 5. The zero-order valence-electron chi connectivity index (χ0n) is 14.2. The maximum absolute atomic E-state index is 12.5. The van der Waals surface area contributed by atoms with Gasteiger partial charge in [-0.05, 0) is 43.2 Å². The van der Waals surface area contributed by atoms with Crippen LogP contribution in [0.3, 0.4) is 0 Å². The van der Waals surface area contributed by atoms with Crippen LogP contribution >= 0.6 is 0 Å². The van der Waals surface area contributed by atoms with Crippen molar-refractivity contribution in [3.05, 3.63) is 77.4 Å². The Kier molecular flexibility index (Phi) is 4.99. The largest absolute Gasteiger partial charge is 0.349 e. The SMILES string of the molecule is Cc1cccc(C)c1NC(=O)c1ccnc(NCc2ccccn2)n1. The lowest BCUT2D eigenvalue weighted by Gasteiger charge is -2.11. The molecule has 0 unspecified atom stereocenters. The third kappa shape index (κ3) is 4.17. The zero-order valence-corrected chi connectivity index (χ0v) is 14.2. The fourth-order valence-electron chi connectivity index (χ4n) is 2.43. The van der Waals surface area contributed by atoms with Gasteiger partial charge in [0.05, 0.1) is 12.2 Å². The number of aromatic nitrogens is 3. The molecule has 126 valence electrons. The first kappa shape index (κ1) is 16.6. The molecule has 0 fully saturated rings. The van der Waals surface area contributed by atoms with Crippen LogP contribution < -0.4 is 10.6 Å². The highest BCUT2D eigenvalue weighted by molar-refractivity contribution is 6.03. The van der Waals surface area contributed by atoms with Gasteiger partial charge in [-0.25, -0.2) is 9.97 Å². The molecule has 0 radical (unpaired) electrons. The fraction of sp³-hybridized carbons (Fsp3) is 0.158. The molecule has 0 saturated heterocycles. The number of anilines is 2. The van der Waals surface area contributed by atoms with E-state index in [2.05, 4.69) is 25.6 Å². The topological polar surface area (TPSA) is 79.8 Å². The summed E-state index contributed by atoms with van der Waals surface area (Å²) in [6.45, 7) is 4.41. The Morgan fingerprint density at radius 2 is 1.76 bits per heavy atom. The molecule has 3 aromatic rings. The third-order valence-electron chi connectivity index (χ3n) is 3.76. The van der Waals surface area contributed by atoms with Gasteiger partial charge in [0.15, 0.2) is 0 Å². The van der Waals surface area contributed by atoms with Crippen molar-refractivity contribution in [3.8, 4) is 0 Å². The molecule has 2 aromatic heterocycles. The number of para-hydroxylation sites is 1. The Hall–Kier alpha value is -3.28. The van der Waals surface area contributed by atoms with Crippen molar-refractivity contribution in [2.75, 3.05) is 10.6 Å². The summed E-state index contributed by atoms with van der Waals surface area (Å²) < 4.78 is 0. The third-order valence-corrected chi connectivity index (χ3v) is 3.76. The van der Waals surface area contributed by atoms with Crippen LogP contribution in [0.25, 0.3) is 0 Å². The van der Waals surface area contributed by atoms with Gasteiger partial charge in [-0.1, -0.05) is 24.3 Å². The quantitative estimate of drug-likeness (QED) is 0.748. The van der Waals surface area contributed by atoms with E-state index in [-0.39, 0.29) is 5.91 Å². The number of nitrogens with one attached hydrogen (secondary N) is 2. The number of amides is 1. The van der Waals surface area contributed by atoms with E-state index < -0.39 is 0 Å². The van der Waals surface area contributed by atoms with Crippen molar-refractivity contribution in [1.29, 1.82) is 0 Å². The Bertz CT molecular complexity index is 860. The van der Waals surface area contributed by atoms with Gasteiger partial charge in [0.25, 0.3) is 5.91 Å². The van der Waals surface area contributed by atoms with E-state index in [0.717, 1.165) is 22.5 Å².